The second-order valence-corrected chi connectivity index (χ2v) is 5.41. The average molecular weight is 249 g/mol. The summed E-state index contributed by atoms with van der Waals surface area (Å²) < 4.78 is 0. The van der Waals surface area contributed by atoms with E-state index in [-0.39, 0.29) is 6.04 Å². The van der Waals surface area contributed by atoms with Crippen molar-refractivity contribution in [2.45, 2.75) is 19.4 Å². The number of benzene rings is 1. The highest BCUT2D eigenvalue weighted by atomic mass is 15.1. The van der Waals surface area contributed by atoms with Crippen LogP contribution in [0.5, 0.6) is 0 Å². The Morgan fingerprint density at radius 1 is 1.00 bits per heavy atom. The van der Waals surface area contributed by atoms with Crippen LogP contribution in [0, 0.1) is 6.92 Å². The fraction of sp³-hybridized carbons (Fsp3) is 0.600. The number of hydrogen-bond acceptors (Lipinski definition) is 3. The molecule has 102 valence electrons. The standard InChI is InChI=1S/C15H27N3/c1-13-5-7-14(8-6-13)15(16)9-10-18(4)12-11-17(2)3/h5-8,15H,9-12,16H2,1-4H3. The summed E-state index contributed by atoms with van der Waals surface area (Å²) in [6, 6.07) is 8.68. The third-order valence-corrected chi connectivity index (χ3v) is 3.26. The lowest BCUT2D eigenvalue weighted by Gasteiger charge is -2.21. The van der Waals surface area contributed by atoms with Crippen molar-refractivity contribution in [1.29, 1.82) is 0 Å². The zero-order chi connectivity index (χ0) is 13.5. The molecule has 2 N–H and O–H groups in total. The van der Waals surface area contributed by atoms with E-state index in [9.17, 15) is 0 Å². The fourth-order valence-electron chi connectivity index (χ4n) is 1.82. The Bertz CT molecular complexity index is 332. The quantitative estimate of drug-likeness (QED) is 0.801. The summed E-state index contributed by atoms with van der Waals surface area (Å²) in [6.45, 7) is 5.33. The first-order chi connectivity index (χ1) is 8.49. The van der Waals surface area contributed by atoms with Crippen LogP contribution in [0.3, 0.4) is 0 Å². The first-order valence-electron chi connectivity index (χ1n) is 6.64. The molecule has 0 bridgehead atoms. The van der Waals surface area contributed by atoms with Crippen LogP contribution >= 0.6 is 0 Å². The Morgan fingerprint density at radius 2 is 1.61 bits per heavy atom. The van der Waals surface area contributed by atoms with Crippen molar-refractivity contribution in [1.82, 2.24) is 9.80 Å². The van der Waals surface area contributed by atoms with Crippen molar-refractivity contribution < 1.29 is 0 Å². The summed E-state index contributed by atoms with van der Waals surface area (Å²) in [4.78, 5) is 4.55. The van der Waals surface area contributed by atoms with Gasteiger partial charge in [-0.2, -0.15) is 0 Å². The van der Waals surface area contributed by atoms with Gasteiger partial charge < -0.3 is 15.5 Å². The molecule has 0 heterocycles. The average Bonchev–Trinajstić information content (AvgIpc) is 2.34. The molecule has 1 atom stereocenters. The van der Waals surface area contributed by atoms with Crippen LogP contribution < -0.4 is 5.73 Å². The Balaban J connectivity index is 2.32. The van der Waals surface area contributed by atoms with Crippen LogP contribution in [-0.2, 0) is 0 Å². The third kappa shape index (κ3) is 5.63. The van der Waals surface area contributed by atoms with E-state index in [0.29, 0.717) is 0 Å². The van der Waals surface area contributed by atoms with Crippen molar-refractivity contribution in [3.05, 3.63) is 35.4 Å². The largest absolute Gasteiger partial charge is 0.324 e. The molecule has 3 nitrogen and oxygen atoms in total. The van der Waals surface area contributed by atoms with Gasteiger partial charge >= 0.3 is 0 Å². The number of nitrogens with two attached hydrogens (primary N) is 1. The molecule has 0 amide bonds. The highest BCUT2D eigenvalue weighted by Crippen LogP contribution is 2.14. The topological polar surface area (TPSA) is 32.5 Å². The molecule has 0 aliphatic rings. The first-order valence-corrected chi connectivity index (χ1v) is 6.64. The maximum absolute atomic E-state index is 6.21. The highest BCUT2D eigenvalue weighted by Gasteiger charge is 2.07. The Morgan fingerprint density at radius 3 is 2.17 bits per heavy atom. The lowest BCUT2D eigenvalue weighted by molar-refractivity contribution is 0.274. The molecule has 1 rings (SSSR count). The Kier molecular flexibility index (Phi) is 6.33. The first kappa shape index (κ1) is 15.2. The van der Waals surface area contributed by atoms with Gasteiger partial charge in [0.2, 0.25) is 0 Å². The summed E-state index contributed by atoms with van der Waals surface area (Å²) in [7, 11) is 6.36. The molecule has 1 unspecified atom stereocenters. The van der Waals surface area contributed by atoms with Crippen molar-refractivity contribution >= 4 is 0 Å². The normalized spacial score (nSPS) is 13.3. The molecule has 0 aromatic heterocycles. The summed E-state index contributed by atoms with van der Waals surface area (Å²) in [5, 5.41) is 0. The van der Waals surface area contributed by atoms with E-state index in [0.717, 1.165) is 26.1 Å². The maximum atomic E-state index is 6.21. The minimum atomic E-state index is 0.146. The van der Waals surface area contributed by atoms with Crippen LogP contribution in [0.2, 0.25) is 0 Å². The molecule has 0 aliphatic carbocycles. The van der Waals surface area contributed by atoms with Crippen LogP contribution in [-0.4, -0.2) is 50.6 Å². The summed E-state index contributed by atoms with van der Waals surface area (Å²) in [6.07, 6.45) is 1.01. The second kappa shape index (κ2) is 7.52. The van der Waals surface area contributed by atoms with E-state index in [1.807, 2.05) is 0 Å². The summed E-state index contributed by atoms with van der Waals surface area (Å²) in [5.74, 6) is 0. The number of nitrogens with zero attached hydrogens (tertiary/aromatic N) is 2. The third-order valence-electron chi connectivity index (χ3n) is 3.26. The minimum absolute atomic E-state index is 0.146. The summed E-state index contributed by atoms with van der Waals surface area (Å²) >= 11 is 0. The molecule has 0 saturated carbocycles. The van der Waals surface area contributed by atoms with Crippen molar-refractivity contribution in [2.24, 2.45) is 5.73 Å². The van der Waals surface area contributed by atoms with Gasteiger partial charge in [-0.3, -0.25) is 0 Å². The molecule has 1 aromatic rings. The molecular formula is C15H27N3. The highest BCUT2D eigenvalue weighted by molar-refractivity contribution is 5.23. The fourth-order valence-corrected chi connectivity index (χ4v) is 1.82. The van der Waals surface area contributed by atoms with Gasteiger partial charge in [-0.1, -0.05) is 29.8 Å². The van der Waals surface area contributed by atoms with E-state index < -0.39 is 0 Å². The second-order valence-electron chi connectivity index (χ2n) is 5.41. The minimum Gasteiger partial charge on any atom is -0.324 e. The van der Waals surface area contributed by atoms with Crippen molar-refractivity contribution in [3.8, 4) is 0 Å². The van der Waals surface area contributed by atoms with Gasteiger partial charge in [0.15, 0.2) is 0 Å². The smallest absolute Gasteiger partial charge is 0.0307 e. The number of likely N-dealkylation sites (N-methyl/N-ethyl adjacent to an activating group) is 2. The zero-order valence-electron chi connectivity index (χ0n) is 12.2. The van der Waals surface area contributed by atoms with Gasteiger partial charge in [-0.15, -0.1) is 0 Å². The predicted octanol–water partition coefficient (Wildman–Crippen LogP) is 1.88. The van der Waals surface area contributed by atoms with E-state index in [1.165, 1.54) is 11.1 Å². The van der Waals surface area contributed by atoms with E-state index in [4.69, 9.17) is 5.73 Å². The van der Waals surface area contributed by atoms with Gasteiger partial charge in [0.1, 0.15) is 0 Å². The zero-order valence-corrected chi connectivity index (χ0v) is 12.2. The molecule has 0 radical (unpaired) electrons. The Labute approximate surface area is 112 Å². The van der Waals surface area contributed by atoms with Crippen LogP contribution in [0.4, 0.5) is 0 Å². The van der Waals surface area contributed by atoms with Crippen LogP contribution in [0.25, 0.3) is 0 Å². The monoisotopic (exact) mass is 249 g/mol. The molecule has 1 aromatic carbocycles. The number of aryl methyl sites for hydroxylation is 1. The number of rotatable bonds is 7. The molecule has 3 heteroatoms. The van der Waals surface area contributed by atoms with Gasteiger partial charge in [-0.05, 0) is 46.6 Å². The SMILES string of the molecule is Cc1ccc(C(N)CCN(C)CCN(C)C)cc1. The van der Waals surface area contributed by atoms with Crippen molar-refractivity contribution in [2.75, 3.05) is 40.8 Å². The molecule has 0 aliphatic heterocycles. The van der Waals surface area contributed by atoms with Crippen LogP contribution in [0.15, 0.2) is 24.3 Å². The lowest BCUT2D eigenvalue weighted by Crippen LogP contribution is -2.30. The van der Waals surface area contributed by atoms with Gasteiger partial charge in [0, 0.05) is 19.1 Å². The molecular weight excluding hydrogens is 222 g/mol. The molecule has 0 spiro atoms. The van der Waals surface area contributed by atoms with E-state index in [2.05, 4.69) is 62.1 Å². The molecule has 0 saturated heterocycles. The van der Waals surface area contributed by atoms with E-state index in [1.54, 1.807) is 0 Å². The Hall–Kier alpha value is -0.900. The maximum Gasteiger partial charge on any atom is 0.0307 e. The van der Waals surface area contributed by atoms with Crippen LogP contribution in [0.1, 0.15) is 23.6 Å². The molecule has 18 heavy (non-hydrogen) atoms. The number of hydrogen-bond donors (Lipinski definition) is 1. The van der Waals surface area contributed by atoms with Crippen molar-refractivity contribution in [3.63, 3.8) is 0 Å². The molecule has 0 fully saturated rings. The van der Waals surface area contributed by atoms with Gasteiger partial charge in [0.05, 0.1) is 0 Å². The lowest BCUT2D eigenvalue weighted by atomic mass is 10.0. The van der Waals surface area contributed by atoms with E-state index >= 15 is 0 Å². The van der Waals surface area contributed by atoms with Gasteiger partial charge in [0.25, 0.3) is 0 Å². The summed E-state index contributed by atoms with van der Waals surface area (Å²) in [5.41, 5.74) is 8.74. The van der Waals surface area contributed by atoms with Gasteiger partial charge in [-0.25, -0.2) is 0 Å². The predicted molar refractivity (Wildman–Crippen MR) is 78.8 cm³/mol.